The molecular formula is C22H28N6O. The monoisotopic (exact) mass is 392 g/mol. The van der Waals surface area contributed by atoms with Gasteiger partial charge in [-0.25, -0.2) is 9.97 Å². The topological polar surface area (TPSA) is 68.4 Å². The second kappa shape index (κ2) is 7.63. The van der Waals surface area contributed by atoms with Gasteiger partial charge in [-0.05, 0) is 24.8 Å². The number of aromatic nitrogens is 3. The molecule has 5 rings (SSSR count). The zero-order valence-electron chi connectivity index (χ0n) is 17.0. The zero-order valence-corrected chi connectivity index (χ0v) is 17.0. The number of hydrogen-bond donors (Lipinski definition) is 1. The fourth-order valence-electron chi connectivity index (χ4n) is 4.72. The van der Waals surface area contributed by atoms with Crippen LogP contribution in [0.5, 0.6) is 0 Å². The summed E-state index contributed by atoms with van der Waals surface area (Å²) in [6.45, 7) is 8.21. The van der Waals surface area contributed by atoms with Crippen LogP contribution < -0.4 is 4.90 Å². The second-order valence-corrected chi connectivity index (χ2v) is 8.45. The van der Waals surface area contributed by atoms with Gasteiger partial charge in [-0.2, -0.15) is 0 Å². The SMILES string of the molecule is CC1CCCN(C(=O)CN2CCN(c3cnc4ncc5[nH]cccc5c34)CC2)C1. The van der Waals surface area contributed by atoms with E-state index in [9.17, 15) is 4.79 Å². The first kappa shape index (κ1) is 18.4. The predicted molar refractivity (Wildman–Crippen MR) is 115 cm³/mol. The number of rotatable bonds is 3. The molecule has 7 nitrogen and oxygen atoms in total. The van der Waals surface area contributed by atoms with E-state index in [0.29, 0.717) is 12.5 Å². The fraction of sp³-hybridized carbons (Fsp3) is 0.500. The number of amides is 1. The Morgan fingerprint density at radius 3 is 2.83 bits per heavy atom. The third kappa shape index (κ3) is 3.55. The highest BCUT2D eigenvalue weighted by Gasteiger charge is 2.26. The number of pyridine rings is 2. The number of hydrogen-bond acceptors (Lipinski definition) is 5. The van der Waals surface area contributed by atoms with Crippen LogP contribution in [0.15, 0.2) is 30.7 Å². The molecule has 7 heteroatoms. The van der Waals surface area contributed by atoms with E-state index >= 15 is 0 Å². The van der Waals surface area contributed by atoms with Gasteiger partial charge in [-0.15, -0.1) is 0 Å². The Hall–Kier alpha value is -2.67. The first-order chi connectivity index (χ1) is 14.2. The lowest BCUT2D eigenvalue weighted by molar-refractivity contribution is -0.134. The maximum Gasteiger partial charge on any atom is 0.236 e. The molecule has 5 heterocycles. The van der Waals surface area contributed by atoms with Crippen LogP contribution in [0.25, 0.3) is 21.9 Å². The van der Waals surface area contributed by atoms with Gasteiger partial charge >= 0.3 is 0 Å². The van der Waals surface area contributed by atoms with E-state index in [1.54, 1.807) is 0 Å². The third-order valence-electron chi connectivity index (χ3n) is 6.34. The van der Waals surface area contributed by atoms with E-state index in [4.69, 9.17) is 0 Å². The van der Waals surface area contributed by atoms with Gasteiger partial charge < -0.3 is 14.8 Å². The van der Waals surface area contributed by atoms with Gasteiger partial charge in [0, 0.05) is 50.9 Å². The summed E-state index contributed by atoms with van der Waals surface area (Å²) in [4.78, 5) is 31.7. The minimum atomic E-state index is 0.288. The number of piperidine rings is 1. The van der Waals surface area contributed by atoms with E-state index < -0.39 is 0 Å². The number of likely N-dealkylation sites (tertiary alicyclic amines) is 1. The minimum absolute atomic E-state index is 0.288. The lowest BCUT2D eigenvalue weighted by atomic mass is 10.0. The molecule has 1 amide bonds. The summed E-state index contributed by atoms with van der Waals surface area (Å²) in [5.74, 6) is 0.916. The molecule has 3 aromatic heterocycles. The molecule has 2 saturated heterocycles. The fourth-order valence-corrected chi connectivity index (χ4v) is 4.72. The molecule has 1 unspecified atom stereocenters. The lowest BCUT2D eigenvalue weighted by Gasteiger charge is -2.37. The van der Waals surface area contributed by atoms with Crippen LogP contribution in [-0.4, -0.2) is 76.5 Å². The minimum Gasteiger partial charge on any atom is -0.367 e. The van der Waals surface area contributed by atoms with E-state index in [0.717, 1.165) is 73.3 Å². The van der Waals surface area contributed by atoms with Crippen molar-refractivity contribution in [3.05, 3.63) is 30.7 Å². The molecule has 1 atom stereocenters. The number of piperazine rings is 1. The van der Waals surface area contributed by atoms with Crippen molar-refractivity contribution in [1.82, 2.24) is 24.8 Å². The lowest BCUT2D eigenvalue weighted by Crippen LogP contribution is -2.51. The van der Waals surface area contributed by atoms with Crippen molar-refractivity contribution in [2.45, 2.75) is 19.8 Å². The Balaban J connectivity index is 1.27. The van der Waals surface area contributed by atoms with Crippen LogP contribution in [0.2, 0.25) is 0 Å². The normalized spacial score (nSPS) is 21.2. The Morgan fingerprint density at radius 1 is 1.17 bits per heavy atom. The molecule has 0 radical (unpaired) electrons. The number of H-pyrrole nitrogens is 1. The van der Waals surface area contributed by atoms with Crippen molar-refractivity contribution in [2.24, 2.45) is 5.92 Å². The zero-order chi connectivity index (χ0) is 19.8. The van der Waals surface area contributed by atoms with Crippen molar-refractivity contribution in [1.29, 1.82) is 0 Å². The smallest absolute Gasteiger partial charge is 0.236 e. The van der Waals surface area contributed by atoms with Crippen molar-refractivity contribution in [3.8, 4) is 0 Å². The summed E-state index contributed by atoms with van der Waals surface area (Å²) < 4.78 is 0. The Kier molecular flexibility index (Phi) is 4.83. The molecule has 0 aromatic carbocycles. The molecule has 152 valence electrons. The van der Waals surface area contributed by atoms with Crippen LogP contribution in [0.4, 0.5) is 5.69 Å². The van der Waals surface area contributed by atoms with Crippen molar-refractivity contribution >= 4 is 33.5 Å². The van der Waals surface area contributed by atoms with Crippen LogP contribution in [-0.2, 0) is 4.79 Å². The van der Waals surface area contributed by atoms with Gasteiger partial charge in [0.2, 0.25) is 5.91 Å². The van der Waals surface area contributed by atoms with E-state index in [2.05, 4.69) is 42.6 Å². The first-order valence-electron chi connectivity index (χ1n) is 10.6. The molecular weight excluding hydrogens is 364 g/mol. The summed E-state index contributed by atoms with van der Waals surface area (Å²) in [5.41, 5.74) is 2.96. The van der Waals surface area contributed by atoms with Crippen LogP contribution in [0, 0.1) is 5.92 Å². The summed E-state index contributed by atoms with van der Waals surface area (Å²) in [6.07, 6.45) is 8.09. The molecule has 2 fully saturated rings. The quantitative estimate of drug-likeness (QED) is 0.742. The number of nitrogens with zero attached hydrogens (tertiary/aromatic N) is 5. The van der Waals surface area contributed by atoms with Gasteiger partial charge in [-0.1, -0.05) is 13.0 Å². The number of carbonyl (C=O) groups is 1. The molecule has 0 bridgehead atoms. The number of fused-ring (bicyclic) bond motifs is 3. The second-order valence-electron chi connectivity index (χ2n) is 8.45. The number of carbonyl (C=O) groups excluding carboxylic acids is 1. The average molecular weight is 393 g/mol. The van der Waals surface area contributed by atoms with Gasteiger partial charge in [-0.3, -0.25) is 9.69 Å². The van der Waals surface area contributed by atoms with E-state index in [1.807, 2.05) is 24.7 Å². The molecule has 0 aliphatic carbocycles. The number of anilines is 1. The van der Waals surface area contributed by atoms with Crippen LogP contribution in [0.1, 0.15) is 19.8 Å². The van der Waals surface area contributed by atoms with Gasteiger partial charge in [0.25, 0.3) is 0 Å². The Morgan fingerprint density at radius 2 is 2.00 bits per heavy atom. The van der Waals surface area contributed by atoms with Gasteiger partial charge in [0.15, 0.2) is 5.65 Å². The molecule has 2 aliphatic heterocycles. The number of aromatic amines is 1. The van der Waals surface area contributed by atoms with Crippen LogP contribution >= 0.6 is 0 Å². The molecule has 0 saturated carbocycles. The molecule has 0 spiro atoms. The number of nitrogens with one attached hydrogen (secondary N) is 1. The Labute approximate surface area is 170 Å². The summed E-state index contributed by atoms with van der Waals surface area (Å²) >= 11 is 0. The van der Waals surface area contributed by atoms with Gasteiger partial charge in [0.1, 0.15) is 0 Å². The van der Waals surface area contributed by atoms with Crippen molar-refractivity contribution < 1.29 is 4.79 Å². The maximum atomic E-state index is 12.7. The maximum absolute atomic E-state index is 12.7. The van der Waals surface area contributed by atoms with Crippen molar-refractivity contribution in [2.75, 3.05) is 50.7 Å². The van der Waals surface area contributed by atoms with E-state index in [1.165, 1.54) is 6.42 Å². The summed E-state index contributed by atoms with van der Waals surface area (Å²) in [5, 5.41) is 2.27. The predicted octanol–water partition coefficient (Wildman–Crippen LogP) is 2.49. The average Bonchev–Trinajstić information content (AvgIpc) is 3.19. The first-order valence-corrected chi connectivity index (χ1v) is 10.6. The largest absolute Gasteiger partial charge is 0.367 e. The molecule has 1 N–H and O–H groups in total. The summed E-state index contributed by atoms with van der Waals surface area (Å²) in [7, 11) is 0. The molecule has 3 aromatic rings. The highest BCUT2D eigenvalue weighted by Crippen LogP contribution is 2.32. The Bertz CT molecular complexity index is 1020. The van der Waals surface area contributed by atoms with Crippen LogP contribution in [0.3, 0.4) is 0 Å². The standard InChI is InChI=1S/C22H28N6O/c1-16-4-3-7-28(14-16)20(29)15-26-8-10-27(11-9-26)19-13-25-22-21(19)17-5-2-6-23-18(17)12-24-22/h2,5-6,12-13,16,23H,3-4,7-11,14-15H2,1H3. The highest BCUT2D eigenvalue weighted by molar-refractivity contribution is 6.10. The molecule has 2 aliphatic rings. The highest BCUT2D eigenvalue weighted by atomic mass is 16.2. The van der Waals surface area contributed by atoms with Gasteiger partial charge in [0.05, 0.1) is 35.5 Å². The summed E-state index contributed by atoms with van der Waals surface area (Å²) in [6, 6.07) is 4.14. The van der Waals surface area contributed by atoms with E-state index in [-0.39, 0.29) is 5.91 Å². The molecule has 29 heavy (non-hydrogen) atoms. The van der Waals surface area contributed by atoms with Crippen molar-refractivity contribution in [3.63, 3.8) is 0 Å². The third-order valence-corrected chi connectivity index (χ3v) is 6.34.